The molecule has 1 aliphatic rings. The number of rotatable bonds is 42. The highest BCUT2D eigenvalue weighted by Gasteiger charge is 2.51. The highest BCUT2D eigenvalue weighted by Crippen LogP contribution is 2.47. The molecule has 1 fully saturated rings. The van der Waals surface area contributed by atoms with E-state index in [1.807, 2.05) is 0 Å². The van der Waals surface area contributed by atoms with E-state index in [1.165, 1.54) is 128 Å². The van der Waals surface area contributed by atoms with Crippen molar-refractivity contribution in [1.82, 2.24) is 0 Å². The fourth-order valence-corrected chi connectivity index (χ4v) is 8.59. The first kappa shape index (κ1) is 57.8. The second-order valence-corrected chi connectivity index (χ2v) is 18.7. The van der Waals surface area contributed by atoms with Gasteiger partial charge in [0.25, 0.3) is 0 Å². The molecule has 0 saturated heterocycles. The Labute approximate surface area is 370 Å². The van der Waals surface area contributed by atoms with Crippen LogP contribution in [0.1, 0.15) is 213 Å². The Hall–Kier alpha value is -1.18. The van der Waals surface area contributed by atoms with E-state index in [2.05, 4.69) is 38.2 Å². The van der Waals surface area contributed by atoms with Crippen LogP contribution < -0.4 is 0 Å². The molecule has 61 heavy (non-hydrogen) atoms. The van der Waals surface area contributed by atoms with Crippen LogP contribution in [0.5, 0.6) is 0 Å². The predicted molar refractivity (Wildman–Crippen MR) is 244 cm³/mol. The maximum Gasteiger partial charge on any atom is 0.472 e. The molecule has 6 N–H and O–H groups in total. The Balaban J connectivity index is 2.36. The summed E-state index contributed by atoms with van der Waals surface area (Å²) in [5.41, 5.74) is 0. The summed E-state index contributed by atoms with van der Waals surface area (Å²) >= 11 is 0. The highest BCUT2D eigenvalue weighted by molar-refractivity contribution is 7.47. The third kappa shape index (κ3) is 31.4. The van der Waals surface area contributed by atoms with E-state index in [9.17, 15) is 39.8 Å². The number of unbranched alkanes of at least 4 members (excludes halogenated alkanes) is 26. The summed E-state index contributed by atoms with van der Waals surface area (Å²) in [4.78, 5) is 23.2. The van der Waals surface area contributed by atoms with Crippen molar-refractivity contribution in [3.63, 3.8) is 0 Å². The fourth-order valence-electron chi connectivity index (χ4n) is 7.62. The summed E-state index contributed by atoms with van der Waals surface area (Å²) in [6.45, 7) is 4.25. The molecule has 0 aliphatic heterocycles. The molecular formula is C48H91O12P. The lowest BCUT2D eigenvalue weighted by Crippen LogP contribution is -2.64. The minimum absolute atomic E-state index is 0.0767. The Kier molecular flexibility index (Phi) is 37.2. The average molecular weight is 891 g/mol. The summed E-state index contributed by atoms with van der Waals surface area (Å²) < 4.78 is 34.2. The van der Waals surface area contributed by atoms with Gasteiger partial charge in [0.2, 0.25) is 0 Å². The molecule has 0 amide bonds. The van der Waals surface area contributed by atoms with E-state index in [0.717, 1.165) is 57.8 Å². The number of phosphoric acid groups is 1. The molecule has 1 rings (SSSR count). The van der Waals surface area contributed by atoms with Gasteiger partial charge in [-0.3, -0.25) is 13.8 Å². The van der Waals surface area contributed by atoms with Crippen molar-refractivity contribution in [2.24, 2.45) is 0 Å². The van der Waals surface area contributed by atoms with E-state index in [1.54, 1.807) is 0 Å². The van der Waals surface area contributed by atoms with Crippen molar-refractivity contribution in [3.8, 4) is 0 Å². The van der Waals surface area contributed by atoms with Gasteiger partial charge in [-0.25, -0.2) is 4.57 Å². The molecule has 12 nitrogen and oxygen atoms in total. The van der Waals surface area contributed by atoms with Gasteiger partial charge in [-0.1, -0.05) is 186 Å². The fraction of sp³-hybridized carbons (Fsp3) is 0.896. The van der Waals surface area contributed by atoms with E-state index >= 15 is 0 Å². The monoisotopic (exact) mass is 891 g/mol. The molecule has 0 spiro atoms. The third-order valence-corrected chi connectivity index (χ3v) is 12.6. The van der Waals surface area contributed by atoms with Crippen molar-refractivity contribution in [1.29, 1.82) is 0 Å². The summed E-state index contributed by atoms with van der Waals surface area (Å²) in [5.74, 6) is -0.476. The molecule has 6 atom stereocenters. The number of carbonyl (C=O) groups excluding carboxylic acids is 1. The van der Waals surface area contributed by atoms with Crippen LogP contribution in [0.3, 0.4) is 0 Å². The van der Waals surface area contributed by atoms with Crippen LogP contribution in [-0.4, -0.2) is 98.9 Å². The maximum atomic E-state index is 12.8. The minimum atomic E-state index is -5.02. The molecule has 6 unspecified atom stereocenters. The zero-order chi connectivity index (χ0) is 44.8. The third-order valence-electron chi connectivity index (χ3n) is 11.6. The Morgan fingerprint density at radius 1 is 0.525 bits per heavy atom. The van der Waals surface area contributed by atoms with E-state index in [4.69, 9.17) is 18.5 Å². The summed E-state index contributed by atoms with van der Waals surface area (Å²) in [6.07, 6.45) is 32.4. The van der Waals surface area contributed by atoms with Crippen LogP contribution in [-0.2, 0) is 27.9 Å². The van der Waals surface area contributed by atoms with Crippen LogP contribution in [0.15, 0.2) is 24.3 Å². The number of aliphatic hydroxyl groups is 5. The SMILES string of the molecule is CCCCCC/C=C\C/C=C\CCCCCCCCCCOCC(COP(=O)(O)OC1C(O)C(O)C(O)C(O)C1O)OC(=O)CCCCCCCCCCCCCCCCC. The van der Waals surface area contributed by atoms with Crippen molar-refractivity contribution >= 4 is 13.8 Å². The normalized spacial score (nSPS) is 22.3. The smallest absolute Gasteiger partial charge is 0.457 e. The standard InChI is InChI=1S/C48H91O12P/c1-3-5-7-9-11-13-15-17-19-20-21-22-24-26-28-30-32-34-36-38-57-39-41(40-58-61(55,56)60-48-46(53)44(51)43(50)45(52)47(48)54)59-42(49)37-35-33-31-29-27-25-23-18-16-14-12-10-8-6-4-2/h13,15,19-20,41,43-48,50-54H,3-12,14,16-18,21-40H2,1-2H3,(H,55,56)/b15-13-,20-19-. The van der Waals surface area contributed by atoms with Crippen molar-refractivity contribution in [3.05, 3.63) is 24.3 Å². The zero-order valence-corrected chi connectivity index (χ0v) is 39.4. The molecule has 0 bridgehead atoms. The van der Waals surface area contributed by atoms with Gasteiger partial charge in [0, 0.05) is 13.0 Å². The average Bonchev–Trinajstić information content (AvgIpc) is 3.24. The number of carbonyl (C=O) groups is 1. The molecule has 1 aliphatic carbocycles. The topological polar surface area (TPSA) is 192 Å². The van der Waals surface area contributed by atoms with Gasteiger partial charge in [-0.2, -0.15) is 0 Å². The van der Waals surface area contributed by atoms with E-state index in [0.29, 0.717) is 13.0 Å². The largest absolute Gasteiger partial charge is 0.472 e. The highest BCUT2D eigenvalue weighted by atomic mass is 31.2. The molecular weight excluding hydrogens is 799 g/mol. The molecule has 0 radical (unpaired) electrons. The molecule has 0 aromatic heterocycles. The Bertz CT molecular complexity index is 1110. The van der Waals surface area contributed by atoms with Crippen LogP contribution >= 0.6 is 7.82 Å². The second kappa shape index (κ2) is 39.2. The van der Waals surface area contributed by atoms with Gasteiger partial charge in [0.1, 0.15) is 42.7 Å². The van der Waals surface area contributed by atoms with Crippen LogP contribution in [0.4, 0.5) is 0 Å². The van der Waals surface area contributed by atoms with Gasteiger partial charge in [-0.05, 0) is 44.9 Å². The predicted octanol–water partition coefficient (Wildman–Crippen LogP) is 10.5. The Morgan fingerprint density at radius 3 is 1.39 bits per heavy atom. The summed E-state index contributed by atoms with van der Waals surface area (Å²) in [6, 6.07) is 0. The maximum absolute atomic E-state index is 12.8. The molecule has 13 heteroatoms. The number of phosphoric ester groups is 1. The summed E-state index contributed by atoms with van der Waals surface area (Å²) in [5, 5.41) is 50.2. The zero-order valence-electron chi connectivity index (χ0n) is 38.5. The second-order valence-electron chi connectivity index (χ2n) is 17.3. The quantitative estimate of drug-likeness (QED) is 0.0147. The molecule has 360 valence electrons. The van der Waals surface area contributed by atoms with Crippen molar-refractivity contribution in [2.45, 2.75) is 256 Å². The van der Waals surface area contributed by atoms with E-state index < -0.39 is 63.1 Å². The number of hydrogen-bond donors (Lipinski definition) is 6. The van der Waals surface area contributed by atoms with E-state index in [-0.39, 0.29) is 13.0 Å². The first-order valence-electron chi connectivity index (χ1n) is 24.7. The number of allylic oxidation sites excluding steroid dienone is 4. The van der Waals surface area contributed by atoms with Crippen LogP contribution in [0, 0.1) is 0 Å². The number of esters is 1. The first-order chi connectivity index (χ1) is 29.5. The number of hydrogen-bond acceptors (Lipinski definition) is 11. The lowest BCUT2D eigenvalue weighted by molar-refractivity contribution is -0.220. The number of ether oxygens (including phenoxy) is 2. The molecule has 1 saturated carbocycles. The Morgan fingerprint density at radius 2 is 0.918 bits per heavy atom. The van der Waals surface area contributed by atoms with Gasteiger partial charge >= 0.3 is 13.8 Å². The molecule has 0 aromatic rings. The molecule has 0 heterocycles. The lowest BCUT2D eigenvalue weighted by atomic mass is 9.85. The van der Waals surface area contributed by atoms with Crippen LogP contribution in [0.25, 0.3) is 0 Å². The first-order valence-corrected chi connectivity index (χ1v) is 26.2. The van der Waals surface area contributed by atoms with Gasteiger partial charge < -0.3 is 39.9 Å². The lowest BCUT2D eigenvalue weighted by Gasteiger charge is -2.41. The van der Waals surface area contributed by atoms with Crippen molar-refractivity contribution < 1.29 is 58.3 Å². The number of aliphatic hydroxyl groups excluding tert-OH is 5. The minimum Gasteiger partial charge on any atom is -0.457 e. The molecule has 0 aromatic carbocycles. The van der Waals surface area contributed by atoms with Gasteiger partial charge in [0.15, 0.2) is 0 Å². The van der Waals surface area contributed by atoms with Gasteiger partial charge in [0.05, 0.1) is 13.2 Å². The van der Waals surface area contributed by atoms with Crippen molar-refractivity contribution in [2.75, 3.05) is 19.8 Å². The van der Waals surface area contributed by atoms with Gasteiger partial charge in [-0.15, -0.1) is 0 Å². The summed E-state index contributed by atoms with van der Waals surface area (Å²) in [7, 11) is -5.02. The van der Waals surface area contributed by atoms with Crippen LogP contribution in [0.2, 0.25) is 0 Å².